The summed E-state index contributed by atoms with van der Waals surface area (Å²) in [5.41, 5.74) is 4.63. The van der Waals surface area contributed by atoms with Crippen molar-refractivity contribution in [3.05, 3.63) is 21.4 Å². The Balaban J connectivity index is 1.94. The molecule has 3 heteroatoms. The first-order chi connectivity index (χ1) is 9.35. The van der Waals surface area contributed by atoms with E-state index in [-0.39, 0.29) is 0 Å². The maximum atomic E-state index is 5.76. The number of nitrogens with one attached hydrogen (secondary N) is 1. The summed E-state index contributed by atoms with van der Waals surface area (Å²) in [5, 5.41) is 0. The fourth-order valence-corrected chi connectivity index (χ4v) is 4.30. The topological polar surface area (TPSA) is 38.0 Å². The molecule has 1 aliphatic carbocycles. The van der Waals surface area contributed by atoms with Gasteiger partial charge < -0.3 is 0 Å². The van der Waals surface area contributed by atoms with Crippen LogP contribution in [0.4, 0.5) is 0 Å². The van der Waals surface area contributed by atoms with Crippen LogP contribution >= 0.6 is 11.3 Å². The van der Waals surface area contributed by atoms with Gasteiger partial charge in [-0.1, -0.05) is 39.0 Å². The molecule has 19 heavy (non-hydrogen) atoms. The number of thiophene rings is 1. The van der Waals surface area contributed by atoms with Crippen LogP contribution < -0.4 is 11.3 Å². The molecule has 0 bridgehead atoms. The molecule has 0 aliphatic heterocycles. The lowest BCUT2D eigenvalue weighted by atomic mass is 10.0. The van der Waals surface area contributed by atoms with Crippen molar-refractivity contribution < 1.29 is 0 Å². The molecule has 0 spiro atoms. The lowest BCUT2D eigenvalue weighted by Gasteiger charge is -2.13. The van der Waals surface area contributed by atoms with E-state index < -0.39 is 0 Å². The summed E-state index contributed by atoms with van der Waals surface area (Å²) < 4.78 is 0. The summed E-state index contributed by atoms with van der Waals surface area (Å²) in [5.74, 6) is 5.76. The van der Waals surface area contributed by atoms with Gasteiger partial charge in [0.2, 0.25) is 0 Å². The highest BCUT2D eigenvalue weighted by atomic mass is 32.1. The molecule has 0 radical (unpaired) electrons. The normalized spacial score (nSPS) is 16.9. The molecular formula is C16H28N2S. The van der Waals surface area contributed by atoms with Crippen molar-refractivity contribution in [2.45, 2.75) is 77.2 Å². The Morgan fingerprint density at radius 2 is 2.05 bits per heavy atom. The second-order valence-corrected chi connectivity index (χ2v) is 6.89. The van der Waals surface area contributed by atoms with Crippen LogP contribution in [0.1, 0.15) is 79.6 Å². The zero-order chi connectivity index (χ0) is 13.5. The molecule has 1 aromatic heterocycles. The lowest BCUT2D eigenvalue weighted by molar-refractivity contribution is 0.488. The number of hydrazine groups is 1. The Morgan fingerprint density at radius 1 is 1.21 bits per heavy atom. The minimum atomic E-state index is 0.369. The van der Waals surface area contributed by atoms with E-state index in [2.05, 4.69) is 18.4 Å². The molecule has 1 aromatic rings. The molecule has 0 amide bonds. The Morgan fingerprint density at radius 3 is 2.84 bits per heavy atom. The molecule has 2 nitrogen and oxygen atoms in total. The second kappa shape index (κ2) is 8.03. The summed E-state index contributed by atoms with van der Waals surface area (Å²) in [6.45, 7) is 2.26. The van der Waals surface area contributed by atoms with Crippen LogP contribution in [0.25, 0.3) is 0 Å². The SMILES string of the molecule is CCCCCCC(NN)c1cc2c(s1)CCCCC2. The van der Waals surface area contributed by atoms with Gasteiger partial charge in [0.05, 0.1) is 6.04 Å². The number of aryl methyl sites for hydroxylation is 2. The molecule has 1 aliphatic rings. The van der Waals surface area contributed by atoms with Gasteiger partial charge in [0.15, 0.2) is 0 Å². The van der Waals surface area contributed by atoms with E-state index in [1.165, 1.54) is 69.1 Å². The highest BCUT2D eigenvalue weighted by molar-refractivity contribution is 7.12. The number of hydrogen-bond acceptors (Lipinski definition) is 3. The molecular weight excluding hydrogens is 252 g/mol. The van der Waals surface area contributed by atoms with E-state index in [1.807, 2.05) is 11.3 Å². The molecule has 2 rings (SSSR count). The van der Waals surface area contributed by atoms with Gasteiger partial charge in [-0.05, 0) is 43.7 Å². The van der Waals surface area contributed by atoms with Crippen molar-refractivity contribution >= 4 is 11.3 Å². The summed E-state index contributed by atoms with van der Waals surface area (Å²) in [6.07, 6.45) is 13.1. The van der Waals surface area contributed by atoms with Crippen LogP contribution in [-0.4, -0.2) is 0 Å². The zero-order valence-electron chi connectivity index (χ0n) is 12.2. The Bertz CT molecular complexity index is 349. The van der Waals surface area contributed by atoms with Crippen molar-refractivity contribution in [2.24, 2.45) is 5.84 Å². The molecule has 0 saturated heterocycles. The van der Waals surface area contributed by atoms with E-state index in [1.54, 1.807) is 10.4 Å². The predicted molar refractivity (Wildman–Crippen MR) is 84.4 cm³/mol. The van der Waals surface area contributed by atoms with Gasteiger partial charge >= 0.3 is 0 Å². The third kappa shape index (κ3) is 4.30. The molecule has 0 saturated carbocycles. The fraction of sp³-hybridized carbons (Fsp3) is 0.750. The highest BCUT2D eigenvalue weighted by Gasteiger charge is 2.17. The average Bonchev–Trinajstić information content (AvgIpc) is 2.70. The molecule has 0 aromatic carbocycles. The monoisotopic (exact) mass is 280 g/mol. The van der Waals surface area contributed by atoms with Crippen molar-refractivity contribution in [2.75, 3.05) is 0 Å². The Hall–Kier alpha value is -0.380. The second-order valence-electron chi connectivity index (χ2n) is 5.73. The predicted octanol–water partition coefficient (Wildman–Crippen LogP) is 4.49. The summed E-state index contributed by atoms with van der Waals surface area (Å²) in [7, 11) is 0. The van der Waals surface area contributed by atoms with E-state index in [0.29, 0.717) is 6.04 Å². The van der Waals surface area contributed by atoms with E-state index >= 15 is 0 Å². The van der Waals surface area contributed by atoms with Crippen LogP contribution in [0.3, 0.4) is 0 Å². The summed E-state index contributed by atoms with van der Waals surface area (Å²) in [6, 6.07) is 2.80. The largest absolute Gasteiger partial charge is 0.271 e. The number of hydrogen-bond donors (Lipinski definition) is 2. The molecule has 1 unspecified atom stereocenters. The summed E-state index contributed by atoms with van der Waals surface area (Å²) in [4.78, 5) is 3.09. The van der Waals surface area contributed by atoms with Gasteiger partial charge in [0.1, 0.15) is 0 Å². The van der Waals surface area contributed by atoms with E-state index in [4.69, 9.17) is 5.84 Å². The van der Waals surface area contributed by atoms with Gasteiger partial charge in [-0.3, -0.25) is 11.3 Å². The third-order valence-corrected chi connectivity index (χ3v) is 5.51. The van der Waals surface area contributed by atoms with Crippen molar-refractivity contribution in [1.82, 2.24) is 5.43 Å². The first-order valence-electron chi connectivity index (χ1n) is 7.92. The maximum absolute atomic E-state index is 5.76. The quantitative estimate of drug-likeness (QED) is 0.334. The van der Waals surface area contributed by atoms with Crippen molar-refractivity contribution in [3.8, 4) is 0 Å². The van der Waals surface area contributed by atoms with Crippen LogP contribution in [0, 0.1) is 0 Å². The van der Waals surface area contributed by atoms with E-state index in [9.17, 15) is 0 Å². The highest BCUT2D eigenvalue weighted by Crippen LogP contribution is 2.33. The van der Waals surface area contributed by atoms with Crippen LogP contribution in [0.2, 0.25) is 0 Å². The molecule has 0 fully saturated rings. The average molecular weight is 280 g/mol. The fourth-order valence-electron chi connectivity index (χ4n) is 2.95. The van der Waals surface area contributed by atoms with Gasteiger partial charge in [-0.15, -0.1) is 11.3 Å². The van der Waals surface area contributed by atoms with Crippen molar-refractivity contribution in [3.63, 3.8) is 0 Å². The minimum Gasteiger partial charge on any atom is -0.271 e. The number of fused-ring (bicyclic) bond motifs is 1. The first kappa shape index (κ1) is 15.0. The number of nitrogens with two attached hydrogens (primary N) is 1. The third-order valence-electron chi connectivity index (χ3n) is 4.16. The standard InChI is InChI=1S/C16H28N2S/c1-2-3-4-7-10-14(18-17)16-12-13-9-6-5-8-11-15(13)19-16/h12,14,18H,2-11,17H2,1H3. The Kier molecular flexibility index (Phi) is 6.35. The summed E-state index contributed by atoms with van der Waals surface area (Å²) >= 11 is 2.00. The van der Waals surface area contributed by atoms with Crippen molar-refractivity contribution in [1.29, 1.82) is 0 Å². The maximum Gasteiger partial charge on any atom is 0.0553 e. The molecule has 3 N–H and O–H groups in total. The van der Waals surface area contributed by atoms with Crippen LogP contribution in [-0.2, 0) is 12.8 Å². The van der Waals surface area contributed by atoms with Crippen LogP contribution in [0.5, 0.6) is 0 Å². The Labute approximate surface area is 121 Å². The number of unbranched alkanes of at least 4 members (excludes halogenated alkanes) is 3. The van der Waals surface area contributed by atoms with Crippen LogP contribution in [0.15, 0.2) is 6.07 Å². The van der Waals surface area contributed by atoms with Gasteiger partial charge in [-0.2, -0.15) is 0 Å². The lowest BCUT2D eigenvalue weighted by Crippen LogP contribution is -2.27. The molecule has 1 heterocycles. The van der Waals surface area contributed by atoms with E-state index in [0.717, 1.165) is 0 Å². The van der Waals surface area contributed by atoms with Gasteiger partial charge in [0, 0.05) is 9.75 Å². The minimum absolute atomic E-state index is 0.369. The molecule has 1 atom stereocenters. The zero-order valence-corrected chi connectivity index (χ0v) is 13.0. The van der Waals surface area contributed by atoms with Gasteiger partial charge in [0.25, 0.3) is 0 Å². The number of rotatable bonds is 7. The van der Waals surface area contributed by atoms with Gasteiger partial charge in [-0.25, -0.2) is 0 Å². The molecule has 108 valence electrons. The smallest absolute Gasteiger partial charge is 0.0553 e. The first-order valence-corrected chi connectivity index (χ1v) is 8.74.